The lowest BCUT2D eigenvalue weighted by molar-refractivity contribution is -0.924. The highest BCUT2D eigenvalue weighted by Gasteiger charge is 2.23. The van der Waals surface area contributed by atoms with Gasteiger partial charge < -0.3 is 34.2 Å². The van der Waals surface area contributed by atoms with Gasteiger partial charge >= 0.3 is 6.03 Å². The molecule has 2 N–H and O–H groups in total. The minimum atomic E-state index is -0.397. The van der Waals surface area contributed by atoms with E-state index in [1.807, 2.05) is 48.5 Å². The molecule has 0 saturated heterocycles. The number of amides is 2. The van der Waals surface area contributed by atoms with Crippen LogP contribution < -0.4 is 34.6 Å². The van der Waals surface area contributed by atoms with E-state index in [0.717, 1.165) is 54.2 Å². The number of nitrogens with two attached hydrogens (primary N) is 1. The zero-order chi connectivity index (χ0) is 19.7. The van der Waals surface area contributed by atoms with Crippen LogP contribution in [0.3, 0.4) is 0 Å². The highest BCUT2D eigenvalue weighted by atomic mass is 127. The third-order valence-electron chi connectivity index (χ3n) is 5.45. The van der Waals surface area contributed by atoms with Crippen LogP contribution in [0.4, 0.5) is 10.5 Å². The molecular weight excluding hydrogens is 485 g/mol. The number of urea groups is 1. The van der Waals surface area contributed by atoms with E-state index in [0.29, 0.717) is 6.54 Å². The van der Waals surface area contributed by atoms with Crippen molar-refractivity contribution in [3.05, 3.63) is 65.2 Å². The summed E-state index contributed by atoms with van der Waals surface area (Å²) in [6.45, 7) is 9.34. The molecule has 6 heteroatoms. The Bertz CT molecular complexity index is 723. The summed E-state index contributed by atoms with van der Waals surface area (Å²) in [5.74, 6) is 0. The monoisotopic (exact) mass is 515 g/mol. The van der Waals surface area contributed by atoms with Gasteiger partial charge in [0.2, 0.25) is 0 Å². The number of rotatable bonds is 10. The molecule has 2 aromatic carbocycles. The predicted octanol–water partition coefficient (Wildman–Crippen LogP) is 1.72. The maximum atomic E-state index is 11.9. The van der Waals surface area contributed by atoms with Crippen LogP contribution in [0.1, 0.15) is 25.8 Å². The fourth-order valence-electron chi connectivity index (χ4n) is 3.57. The molecule has 2 amide bonds. The zero-order valence-electron chi connectivity index (χ0n) is 16.8. The lowest BCUT2D eigenvalue weighted by Crippen LogP contribution is -3.00. The number of carbonyl (C=O) groups is 1. The zero-order valence-corrected chi connectivity index (χ0v) is 19.7. The number of hydrogen-bond donors (Lipinski definition) is 1. The quantitative estimate of drug-likeness (QED) is 0.380. The van der Waals surface area contributed by atoms with E-state index in [1.54, 1.807) is 4.90 Å². The molecule has 28 heavy (non-hydrogen) atoms. The molecule has 0 saturated carbocycles. The molecule has 0 spiro atoms. The Labute approximate surface area is 191 Å². The molecule has 2 aromatic rings. The first kappa shape index (κ1) is 24.7. The molecule has 0 atom stereocenters. The van der Waals surface area contributed by atoms with Gasteiger partial charge in [-0.3, -0.25) is 4.90 Å². The summed E-state index contributed by atoms with van der Waals surface area (Å²) in [5, 5.41) is 0.790. The van der Waals surface area contributed by atoms with E-state index in [9.17, 15) is 4.79 Å². The van der Waals surface area contributed by atoms with Crippen LogP contribution >= 0.6 is 11.6 Å². The van der Waals surface area contributed by atoms with Gasteiger partial charge in [-0.25, -0.2) is 4.79 Å². The largest absolute Gasteiger partial charge is 1.00 e. The van der Waals surface area contributed by atoms with Crippen molar-refractivity contribution in [1.29, 1.82) is 0 Å². The fraction of sp³-hybridized carbons (Fsp3) is 0.409. The number of likely N-dealkylation sites (N-methyl/N-ethyl adjacent to an activating group) is 1. The van der Waals surface area contributed by atoms with Crippen LogP contribution in [0.5, 0.6) is 0 Å². The van der Waals surface area contributed by atoms with Gasteiger partial charge in [0.25, 0.3) is 0 Å². The summed E-state index contributed by atoms with van der Waals surface area (Å²) in [6, 6.07) is 17.3. The summed E-state index contributed by atoms with van der Waals surface area (Å²) < 4.78 is 1.02. The molecule has 0 bridgehead atoms. The Balaban J connectivity index is 0.00000392. The minimum absolute atomic E-state index is 0. The van der Waals surface area contributed by atoms with Crippen LogP contribution in [0.25, 0.3) is 0 Å². The first-order valence-electron chi connectivity index (χ1n) is 9.71. The third-order valence-corrected chi connectivity index (χ3v) is 5.69. The number of hydrogen-bond acceptors (Lipinski definition) is 1. The van der Waals surface area contributed by atoms with Crippen LogP contribution in [-0.2, 0) is 6.42 Å². The lowest BCUT2D eigenvalue weighted by atomic mass is 10.1. The molecule has 2 rings (SSSR count). The normalized spacial score (nSPS) is 11.0. The summed E-state index contributed by atoms with van der Waals surface area (Å²) in [4.78, 5) is 13.5. The van der Waals surface area contributed by atoms with Crippen molar-refractivity contribution in [1.82, 2.24) is 0 Å². The molecule has 0 radical (unpaired) electrons. The molecule has 0 aliphatic carbocycles. The van der Waals surface area contributed by atoms with Gasteiger partial charge in [-0.1, -0.05) is 41.9 Å². The highest BCUT2D eigenvalue weighted by Crippen LogP contribution is 2.17. The van der Waals surface area contributed by atoms with Crippen molar-refractivity contribution >= 4 is 23.3 Å². The highest BCUT2D eigenvalue weighted by molar-refractivity contribution is 6.30. The van der Waals surface area contributed by atoms with Crippen LogP contribution in [-0.4, -0.2) is 43.2 Å². The minimum Gasteiger partial charge on any atom is -1.00 e. The van der Waals surface area contributed by atoms with Crippen molar-refractivity contribution in [3.63, 3.8) is 0 Å². The van der Waals surface area contributed by atoms with Crippen LogP contribution in [0.15, 0.2) is 54.6 Å². The smallest absolute Gasteiger partial charge is 0.319 e. The Morgan fingerprint density at radius 2 is 1.71 bits per heavy atom. The average Bonchev–Trinajstić information content (AvgIpc) is 2.68. The number of primary amides is 1. The van der Waals surface area contributed by atoms with Crippen molar-refractivity contribution < 1.29 is 33.3 Å². The van der Waals surface area contributed by atoms with Crippen LogP contribution in [0, 0.1) is 0 Å². The van der Waals surface area contributed by atoms with Crippen LogP contribution in [0.2, 0.25) is 5.02 Å². The number of benzene rings is 2. The number of anilines is 1. The Hall–Kier alpha value is -1.31. The first-order valence-corrected chi connectivity index (χ1v) is 10.1. The number of quaternary nitrogens is 1. The van der Waals surface area contributed by atoms with Crippen molar-refractivity contribution in [2.75, 3.05) is 37.6 Å². The van der Waals surface area contributed by atoms with Gasteiger partial charge in [0.1, 0.15) is 0 Å². The lowest BCUT2D eigenvalue weighted by Gasteiger charge is -2.37. The van der Waals surface area contributed by atoms with Gasteiger partial charge in [0.15, 0.2) is 0 Å². The van der Waals surface area contributed by atoms with Crippen molar-refractivity contribution in [3.8, 4) is 0 Å². The van der Waals surface area contributed by atoms with E-state index in [4.69, 9.17) is 17.3 Å². The summed E-state index contributed by atoms with van der Waals surface area (Å²) in [5.41, 5.74) is 7.73. The Morgan fingerprint density at radius 1 is 1.04 bits per heavy atom. The van der Waals surface area contributed by atoms with E-state index in [1.165, 1.54) is 5.56 Å². The molecule has 154 valence electrons. The number of para-hydroxylation sites is 1. The maximum absolute atomic E-state index is 11.9. The first-order chi connectivity index (χ1) is 13.0. The van der Waals surface area contributed by atoms with E-state index < -0.39 is 6.03 Å². The number of carbonyl (C=O) groups excluding carboxylic acids is 1. The molecule has 4 nitrogen and oxygen atoms in total. The van der Waals surface area contributed by atoms with E-state index in [2.05, 4.69) is 19.9 Å². The molecule has 0 aliphatic rings. The Kier molecular flexibility index (Phi) is 10.9. The van der Waals surface area contributed by atoms with Gasteiger partial charge in [-0.05, 0) is 43.7 Å². The molecule has 0 heterocycles. The Morgan fingerprint density at radius 3 is 2.29 bits per heavy atom. The number of halogens is 2. The standard InChI is InChI=1S/C22H30ClN3O.HI/c1-3-26(4-2,17-14-19-10-8-11-20(23)18-19)16-9-15-25(22(24)27)21-12-6-5-7-13-21;/h5-8,10-13,18H,3-4,9,14-17H2,1-2H3,(H-,24,27);1H. The third kappa shape index (κ3) is 7.26. The maximum Gasteiger partial charge on any atom is 0.319 e. The summed E-state index contributed by atoms with van der Waals surface area (Å²) >= 11 is 6.11. The van der Waals surface area contributed by atoms with Crippen molar-refractivity contribution in [2.24, 2.45) is 5.73 Å². The molecule has 0 aromatic heterocycles. The topological polar surface area (TPSA) is 46.3 Å². The fourth-order valence-corrected chi connectivity index (χ4v) is 3.78. The van der Waals surface area contributed by atoms with Gasteiger partial charge in [-0.2, -0.15) is 0 Å². The summed E-state index contributed by atoms with van der Waals surface area (Å²) in [6.07, 6.45) is 1.91. The average molecular weight is 516 g/mol. The second-order valence-corrected chi connectivity index (χ2v) is 7.42. The van der Waals surface area contributed by atoms with E-state index in [-0.39, 0.29) is 24.0 Å². The molecular formula is C22H31ClIN3O. The van der Waals surface area contributed by atoms with Gasteiger partial charge in [0, 0.05) is 30.1 Å². The van der Waals surface area contributed by atoms with E-state index >= 15 is 0 Å². The second-order valence-electron chi connectivity index (χ2n) is 6.98. The SMILES string of the molecule is CC[N+](CC)(CCCN(C(N)=O)c1ccccc1)CCc1cccc(Cl)c1.[I-]. The molecule has 0 unspecified atom stereocenters. The second kappa shape index (κ2) is 12.3. The predicted molar refractivity (Wildman–Crippen MR) is 114 cm³/mol. The van der Waals surface area contributed by atoms with Crippen molar-refractivity contribution in [2.45, 2.75) is 26.7 Å². The molecule has 0 aliphatic heterocycles. The number of nitrogens with zero attached hydrogens (tertiary/aromatic N) is 2. The summed E-state index contributed by atoms with van der Waals surface area (Å²) in [7, 11) is 0. The molecule has 0 fully saturated rings. The van der Waals surface area contributed by atoms with Gasteiger partial charge in [-0.15, -0.1) is 0 Å². The van der Waals surface area contributed by atoms with Gasteiger partial charge in [0.05, 0.1) is 26.2 Å².